The van der Waals surface area contributed by atoms with Crippen molar-refractivity contribution in [3.8, 4) is 33.6 Å². The van der Waals surface area contributed by atoms with Crippen molar-refractivity contribution in [3.05, 3.63) is 194 Å². The molecule has 9 aromatic carbocycles. The van der Waals surface area contributed by atoms with Crippen molar-refractivity contribution in [2.45, 2.75) is 0 Å². The Hall–Kier alpha value is -7.40. The van der Waals surface area contributed by atoms with Gasteiger partial charge in [0.15, 0.2) is 0 Å². The predicted octanol–water partition coefficient (Wildman–Crippen LogP) is 15.5. The van der Waals surface area contributed by atoms with E-state index < -0.39 is 6.04 Å². The number of para-hydroxylation sites is 2. The molecule has 0 spiro atoms. The Morgan fingerprint density at radius 2 is 1.07 bits per heavy atom. The second kappa shape index (κ2) is 12.1. The van der Waals surface area contributed by atoms with E-state index in [2.05, 4.69) is 149 Å². The molecule has 4 heterocycles. The summed E-state index contributed by atoms with van der Waals surface area (Å²) >= 11 is 1.85. The topological polar surface area (TPSA) is 23.0 Å². The van der Waals surface area contributed by atoms with Crippen LogP contribution in [0.15, 0.2) is 198 Å². The molecule has 58 heavy (non-hydrogen) atoms. The lowest BCUT2D eigenvalue weighted by molar-refractivity contribution is 0.669. The molecule has 0 atom stereocenters. The summed E-state index contributed by atoms with van der Waals surface area (Å²) in [5.74, 6) is 0. The number of rotatable bonds is 4. The molecule has 0 aliphatic carbocycles. The zero-order valence-electron chi connectivity index (χ0n) is 35.8. The SMILES string of the molecule is [2H]c1c([2H])c([2H])c(-c2cccc3oc4ccc(-n5c6ccccc6c6cc(-c7ccc8c(c7)c7ccccc7n8-c7cccc8c7sc7ccccc78)ccc65)cc4c23)c([2H])c1[2H]. The first kappa shape index (κ1) is 27.2. The lowest BCUT2D eigenvalue weighted by atomic mass is 9.99. The van der Waals surface area contributed by atoms with Gasteiger partial charge in [-0.25, -0.2) is 0 Å². The van der Waals surface area contributed by atoms with E-state index in [9.17, 15) is 0 Å². The van der Waals surface area contributed by atoms with E-state index in [-0.39, 0.29) is 29.7 Å². The van der Waals surface area contributed by atoms with Crippen molar-refractivity contribution in [1.29, 1.82) is 0 Å². The number of aromatic nitrogens is 2. The summed E-state index contributed by atoms with van der Waals surface area (Å²) in [6.45, 7) is 0. The number of nitrogens with zero attached hydrogens (tertiary/aromatic N) is 2. The fourth-order valence-electron chi connectivity index (χ4n) is 9.30. The summed E-state index contributed by atoms with van der Waals surface area (Å²) in [7, 11) is 0. The third kappa shape index (κ3) is 4.49. The first-order valence-corrected chi connectivity index (χ1v) is 20.2. The first-order valence-electron chi connectivity index (χ1n) is 21.8. The number of benzene rings is 9. The van der Waals surface area contributed by atoms with Gasteiger partial charge in [0.05, 0.1) is 39.3 Å². The van der Waals surface area contributed by atoms with Gasteiger partial charge in [-0.3, -0.25) is 0 Å². The van der Waals surface area contributed by atoms with E-state index >= 15 is 0 Å². The molecule has 0 saturated heterocycles. The van der Waals surface area contributed by atoms with Crippen molar-refractivity contribution >= 4 is 97.1 Å². The van der Waals surface area contributed by atoms with Crippen molar-refractivity contribution in [1.82, 2.24) is 9.13 Å². The van der Waals surface area contributed by atoms with Gasteiger partial charge in [0.1, 0.15) is 11.2 Å². The molecule has 0 fully saturated rings. The standard InChI is InChI=1S/C54H32N2OS/c1-2-12-33(13-3-1)37-17-11-22-51-53(37)44-32-36(26-29-50(44)57-51)55-45-19-7-4-14-38(45)42-30-34(24-27-47(42)55)35-25-28-48-43(31-35)39-15-5-8-20-46(39)56(48)49-21-10-18-41-40-16-6-9-23-52(40)58-54(41)49/h1-32H/i1D,2D,3D,12D,13D. The summed E-state index contributed by atoms with van der Waals surface area (Å²) < 4.78 is 56.1. The van der Waals surface area contributed by atoms with Crippen LogP contribution in [-0.4, -0.2) is 9.13 Å². The van der Waals surface area contributed by atoms with Crippen molar-refractivity contribution in [2.24, 2.45) is 0 Å². The highest BCUT2D eigenvalue weighted by Gasteiger charge is 2.19. The van der Waals surface area contributed by atoms with E-state index in [1.165, 1.54) is 47.7 Å². The highest BCUT2D eigenvalue weighted by molar-refractivity contribution is 7.26. The molecule has 4 heteroatoms. The maximum absolute atomic E-state index is 8.77. The van der Waals surface area contributed by atoms with Crippen LogP contribution in [0.2, 0.25) is 0 Å². The zero-order valence-corrected chi connectivity index (χ0v) is 31.6. The van der Waals surface area contributed by atoms with Crippen LogP contribution in [0.3, 0.4) is 0 Å². The average Bonchev–Trinajstić information content (AvgIpc) is 4.08. The van der Waals surface area contributed by atoms with Gasteiger partial charge in [0.2, 0.25) is 0 Å². The molecule has 0 radical (unpaired) electrons. The highest BCUT2D eigenvalue weighted by atomic mass is 32.1. The number of hydrogen-bond donors (Lipinski definition) is 0. The fraction of sp³-hybridized carbons (Fsp3) is 0. The van der Waals surface area contributed by atoms with Gasteiger partial charge >= 0.3 is 0 Å². The Morgan fingerprint density at radius 3 is 1.84 bits per heavy atom. The molecule has 0 unspecified atom stereocenters. The lowest BCUT2D eigenvalue weighted by Gasteiger charge is -2.10. The monoisotopic (exact) mass is 761 g/mol. The van der Waals surface area contributed by atoms with Crippen LogP contribution < -0.4 is 0 Å². The Morgan fingerprint density at radius 1 is 0.431 bits per heavy atom. The minimum absolute atomic E-state index is 0.153. The van der Waals surface area contributed by atoms with Crippen LogP contribution in [-0.2, 0) is 0 Å². The van der Waals surface area contributed by atoms with Crippen LogP contribution >= 0.6 is 11.3 Å². The fourth-order valence-corrected chi connectivity index (χ4v) is 10.5. The molecule has 3 nitrogen and oxygen atoms in total. The summed E-state index contributed by atoms with van der Waals surface area (Å²) in [6, 6.07) is 56.0. The largest absolute Gasteiger partial charge is 0.456 e. The number of furan rings is 1. The summed E-state index contributed by atoms with van der Waals surface area (Å²) in [6.07, 6.45) is 0. The summed E-state index contributed by atoms with van der Waals surface area (Å²) in [5.41, 5.74) is 10.7. The van der Waals surface area contributed by atoms with Gasteiger partial charge in [-0.05, 0) is 95.1 Å². The first-order chi connectivity index (χ1) is 30.8. The highest BCUT2D eigenvalue weighted by Crippen LogP contribution is 2.43. The molecule has 13 rings (SSSR count). The van der Waals surface area contributed by atoms with Gasteiger partial charge in [0.25, 0.3) is 0 Å². The summed E-state index contributed by atoms with van der Waals surface area (Å²) in [5, 5.41) is 8.72. The molecule has 0 amide bonds. The maximum Gasteiger partial charge on any atom is 0.136 e. The minimum atomic E-state index is -0.417. The van der Waals surface area contributed by atoms with Crippen LogP contribution in [0, 0.1) is 0 Å². The van der Waals surface area contributed by atoms with E-state index in [4.69, 9.17) is 11.3 Å². The van der Waals surface area contributed by atoms with Gasteiger partial charge in [0, 0.05) is 53.5 Å². The van der Waals surface area contributed by atoms with Gasteiger partial charge in [-0.15, -0.1) is 11.3 Å². The van der Waals surface area contributed by atoms with Crippen LogP contribution in [0.25, 0.3) is 119 Å². The molecule has 13 aromatic rings. The second-order valence-electron chi connectivity index (χ2n) is 14.9. The molecule has 4 aromatic heterocycles. The number of hydrogen-bond acceptors (Lipinski definition) is 2. The molecule has 0 saturated carbocycles. The van der Waals surface area contributed by atoms with Gasteiger partial charge in [-0.1, -0.05) is 121 Å². The molecule has 0 aliphatic heterocycles. The van der Waals surface area contributed by atoms with E-state index in [0.717, 1.165) is 44.0 Å². The van der Waals surface area contributed by atoms with E-state index in [0.29, 0.717) is 22.1 Å². The maximum atomic E-state index is 8.77. The Labute approximate surface area is 343 Å². The quantitative estimate of drug-likeness (QED) is 0.175. The third-order valence-corrected chi connectivity index (χ3v) is 13.0. The Balaban J connectivity index is 0.979. The third-order valence-electron chi connectivity index (χ3n) is 11.8. The van der Waals surface area contributed by atoms with Gasteiger partial charge in [-0.2, -0.15) is 0 Å². The number of fused-ring (bicyclic) bond motifs is 12. The normalized spacial score (nSPS) is 13.3. The smallest absolute Gasteiger partial charge is 0.136 e. The van der Waals surface area contributed by atoms with E-state index in [1.54, 1.807) is 12.1 Å². The average molecular weight is 762 g/mol. The van der Waals surface area contributed by atoms with Crippen molar-refractivity contribution < 1.29 is 11.3 Å². The van der Waals surface area contributed by atoms with Crippen LogP contribution in [0.4, 0.5) is 0 Å². The van der Waals surface area contributed by atoms with Crippen molar-refractivity contribution in [3.63, 3.8) is 0 Å². The molecule has 270 valence electrons. The Bertz CT molecular complexity index is 4090. The molecule has 0 N–H and O–H groups in total. The molecular formula is C54H32N2OS. The van der Waals surface area contributed by atoms with Gasteiger partial charge < -0.3 is 13.6 Å². The van der Waals surface area contributed by atoms with Crippen molar-refractivity contribution in [2.75, 3.05) is 0 Å². The lowest BCUT2D eigenvalue weighted by Crippen LogP contribution is -1.94. The summed E-state index contributed by atoms with van der Waals surface area (Å²) in [4.78, 5) is 0. The predicted molar refractivity (Wildman–Crippen MR) is 246 cm³/mol. The van der Waals surface area contributed by atoms with E-state index in [1.807, 2.05) is 23.5 Å². The Kier molecular flexibility index (Phi) is 5.66. The van der Waals surface area contributed by atoms with Crippen LogP contribution in [0.5, 0.6) is 0 Å². The zero-order chi connectivity index (χ0) is 42.2. The molecule has 0 aliphatic rings. The molecular weight excluding hydrogens is 725 g/mol. The molecule has 0 bridgehead atoms. The van der Waals surface area contributed by atoms with Crippen LogP contribution in [0.1, 0.15) is 6.85 Å². The minimum Gasteiger partial charge on any atom is -0.456 e. The number of thiophene rings is 1. The second-order valence-corrected chi connectivity index (χ2v) is 15.9.